The normalized spacial score (nSPS) is 11.2. The highest BCUT2D eigenvalue weighted by atomic mass is 32.2. The SMILES string of the molecule is NN(O)SNCCCCCC(=O)Nc1nc2ccccc2s1. The molecule has 7 nitrogen and oxygen atoms in total. The van der Waals surface area contributed by atoms with Gasteiger partial charge in [0.15, 0.2) is 5.13 Å². The molecule has 0 fully saturated rings. The number of anilines is 1. The van der Waals surface area contributed by atoms with Crippen LogP contribution in [0.15, 0.2) is 24.3 Å². The van der Waals surface area contributed by atoms with Crippen molar-refractivity contribution in [3.63, 3.8) is 0 Å². The Morgan fingerprint density at radius 1 is 1.36 bits per heavy atom. The van der Waals surface area contributed by atoms with Crippen molar-refractivity contribution >= 4 is 44.7 Å². The number of nitrogens with one attached hydrogen (secondary N) is 2. The largest absolute Gasteiger partial charge is 0.302 e. The van der Waals surface area contributed by atoms with E-state index in [1.165, 1.54) is 11.3 Å². The predicted molar refractivity (Wildman–Crippen MR) is 90.1 cm³/mol. The highest BCUT2D eigenvalue weighted by Crippen LogP contribution is 2.25. The van der Waals surface area contributed by atoms with Gasteiger partial charge in [-0.25, -0.2) is 15.5 Å². The van der Waals surface area contributed by atoms with Gasteiger partial charge in [-0.15, -0.1) is 0 Å². The first-order valence-corrected chi connectivity index (χ1v) is 8.53. The minimum absolute atomic E-state index is 0.00937. The van der Waals surface area contributed by atoms with E-state index in [-0.39, 0.29) is 5.91 Å². The number of hydrogen-bond donors (Lipinski definition) is 4. The molecular weight excluding hydrogens is 322 g/mol. The third-order valence-corrected chi connectivity index (χ3v) is 4.35. The molecule has 0 bridgehead atoms. The number of carbonyl (C=O) groups excluding carboxylic acids is 1. The van der Waals surface area contributed by atoms with Crippen LogP contribution in [-0.4, -0.2) is 27.2 Å². The van der Waals surface area contributed by atoms with E-state index in [1.807, 2.05) is 24.3 Å². The number of hydrazine groups is 1. The summed E-state index contributed by atoms with van der Waals surface area (Å²) in [6.45, 7) is 0.721. The van der Waals surface area contributed by atoms with Gasteiger partial charge in [0, 0.05) is 13.0 Å². The fourth-order valence-corrected chi connectivity index (χ4v) is 3.13. The molecule has 0 saturated heterocycles. The van der Waals surface area contributed by atoms with Crippen LogP contribution in [-0.2, 0) is 4.79 Å². The summed E-state index contributed by atoms with van der Waals surface area (Å²) >= 11 is 2.41. The maximum absolute atomic E-state index is 11.8. The average molecular weight is 341 g/mol. The van der Waals surface area contributed by atoms with Gasteiger partial charge in [0.25, 0.3) is 0 Å². The van der Waals surface area contributed by atoms with Crippen LogP contribution in [0.4, 0.5) is 5.13 Å². The molecule has 5 N–H and O–H groups in total. The van der Waals surface area contributed by atoms with Gasteiger partial charge < -0.3 is 5.32 Å². The number of amides is 1. The van der Waals surface area contributed by atoms with Crippen LogP contribution in [0.5, 0.6) is 0 Å². The smallest absolute Gasteiger partial charge is 0.226 e. The molecule has 0 spiro atoms. The van der Waals surface area contributed by atoms with Crippen LogP contribution >= 0.6 is 23.5 Å². The minimum Gasteiger partial charge on any atom is -0.302 e. The van der Waals surface area contributed by atoms with Crippen molar-refractivity contribution in [3.8, 4) is 0 Å². The molecule has 2 aromatic rings. The molecule has 0 radical (unpaired) electrons. The number of carbonyl (C=O) groups is 1. The van der Waals surface area contributed by atoms with Gasteiger partial charge in [0.05, 0.1) is 22.4 Å². The lowest BCUT2D eigenvalue weighted by Crippen LogP contribution is -2.24. The van der Waals surface area contributed by atoms with Crippen molar-refractivity contribution in [1.29, 1.82) is 0 Å². The fourth-order valence-electron chi connectivity index (χ4n) is 1.88. The van der Waals surface area contributed by atoms with Crippen LogP contribution in [0.2, 0.25) is 0 Å². The first kappa shape index (κ1) is 17.1. The molecule has 1 aromatic carbocycles. The van der Waals surface area contributed by atoms with Gasteiger partial charge in [-0.1, -0.05) is 34.5 Å². The lowest BCUT2D eigenvalue weighted by atomic mass is 10.2. The standard InChI is InChI=1S/C13H19N5O2S2/c14-18(20)22-15-9-5-1-2-8-12(19)17-13-16-10-6-3-4-7-11(10)21-13/h3-4,6-7,15,20H,1-2,5,8-9,14H2,(H,16,17,19). The molecule has 0 aliphatic carbocycles. The Kier molecular flexibility index (Phi) is 7.03. The number of nitrogens with zero attached hydrogens (tertiary/aromatic N) is 2. The molecule has 1 amide bonds. The Balaban J connectivity index is 1.61. The second kappa shape index (κ2) is 9.03. The quantitative estimate of drug-likeness (QED) is 0.240. The molecule has 0 aliphatic rings. The first-order chi connectivity index (χ1) is 10.6. The summed E-state index contributed by atoms with van der Waals surface area (Å²) in [5.74, 6) is 5.00. The number of thiazole rings is 1. The highest BCUT2D eigenvalue weighted by molar-refractivity contribution is 7.94. The zero-order chi connectivity index (χ0) is 15.8. The summed E-state index contributed by atoms with van der Waals surface area (Å²) in [6, 6.07) is 7.81. The number of aromatic nitrogens is 1. The Bertz CT molecular complexity index is 572. The molecule has 0 unspecified atom stereocenters. The van der Waals surface area contributed by atoms with Gasteiger partial charge in [0.1, 0.15) is 0 Å². The van der Waals surface area contributed by atoms with Crippen LogP contribution < -0.4 is 15.9 Å². The third kappa shape index (κ3) is 5.87. The van der Waals surface area contributed by atoms with E-state index >= 15 is 0 Å². The highest BCUT2D eigenvalue weighted by Gasteiger charge is 2.07. The number of benzene rings is 1. The van der Waals surface area contributed by atoms with Crippen LogP contribution in [0.3, 0.4) is 0 Å². The Hall–Kier alpha value is -1.23. The molecule has 1 aromatic heterocycles. The molecule has 22 heavy (non-hydrogen) atoms. The molecule has 9 heteroatoms. The second-order valence-corrected chi connectivity index (χ2v) is 6.51. The zero-order valence-corrected chi connectivity index (χ0v) is 13.6. The molecule has 0 atom stereocenters. The van der Waals surface area contributed by atoms with Crippen molar-refractivity contribution in [1.82, 2.24) is 14.3 Å². The van der Waals surface area contributed by atoms with E-state index in [0.29, 0.717) is 16.1 Å². The second-order valence-electron chi connectivity index (χ2n) is 4.63. The minimum atomic E-state index is -0.00937. The van der Waals surface area contributed by atoms with Crippen LogP contribution in [0.1, 0.15) is 25.7 Å². The maximum Gasteiger partial charge on any atom is 0.226 e. The summed E-state index contributed by atoms with van der Waals surface area (Å²) in [5, 5.41) is 12.2. The predicted octanol–water partition coefficient (Wildman–Crippen LogP) is 2.51. The van der Waals surface area contributed by atoms with Gasteiger partial charge in [-0.05, 0) is 25.0 Å². The number of para-hydroxylation sites is 1. The molecule has 0 saturated carbocycles. The summed E-state index contributed by atoms with van der Waals surface area (Å²) in [5.41, 5.74) is 0.907. The Morgan fingerprint density at radius 3 is 2.95 bits per heavy atom. The summed E-state index contributed by atoms with van der Waals surface area (Å²) in [7, 11) is 0. The van der Waals surface area contributed by atoms with E-state index in [0.717, 1.165) is 48.2 Å². The van der Waals surface area contributed by atoms with E-state index in [9.17, 15) is 4.79 Å². The Labute approximate surface area is 137 Å². The molecule has 0 aliphatic heterocycles. The maximum atomic E-state index is 11.8. The van der Waals surface area contributed by atoms with Gasteiger partial charge in [0.2, 0.25) is 5.91 Å². The van der Waals surface area contributed by atoms with Crippen molar-refractivity contribution in [2.24, 2.45) is 5.84 Å². The third-order valence-electron chi connectivity index (χ3n) is 2.88. The van der Waals surface area contributed by atoms with Gasteiger partial charge >= 0.3 is 0 Å². The van der Waals surface area contributed by atoms with E-state index in [4.69, 9.17) is 11.0 Å². The van der Waals surface area contributed by atoms with Crippen LogP contribution in [0, 0.1) is 0 Å². The van der Waals surface area contributed by atoms with Crippen molar-refractivity contribution in [2.45, 2.75) is 25.7 Å². The lowest BCUT2D eigenvalue weighted by molar-refractivity contribution is -0.116. The van der Waals surface area contributed by atoms with Gasteiger partial charge in [-0.2, -0.15) is 0 Å². The Morgan fingerprint density at radius 2 is 2.18 bits per heavy atom. The van der Waals surface area contributed by atoms with Crippen molar-refractivity contribution < 1.29 is 10.0 Å². The first-order valence-electron chi connectivity index (χ1n) is 6.94. The fraction of sp³-hybridized carbons (Fsp3) is 0.385. The van der Waals surface area contributed by atoms with E-state index in [1.54, 1.807) is 0 Å². The molecule has 1 heterocycles. The van der Waals surface area contributed by atoms with E-state index in [2.05, 4.69) is 15.0 Å². The van der Waals surface area contributed by atoms with Crippen LogP contribution in [0.25, 0.3) is 10.2 Å². The number of rotatable bonds is 9. The molecular formula is C13H19N5O2S2. The van der Waals surface area contributed by atoms with Crippen molar-refractivity contribution in [2.75, 3.05) is 11.9 Å². The molecule has 2 rings (SSSR count). The molecule has 120 valence electrons. The number of nitrogens with two attached hydrogens (primary N) is 1. The van der Waals surface area contributed by atoms with E-state index < -0.39 is 0 Å². The topological polar surface area (TPSA) is 104 Å². The number of hydrogen-bond acceptors (Lipinski definition) is 8. The summed E-state index contributed by atoms with van der Waals surface area (Å²) in [4.78, 5) is 16.2. The number of fused-ring (bicyclic) bond motifs is 1. The summed E-state index contributed by atoms with van der Waals surface area (Å²) < 4.78 is 4.47. The lowest BCUT2D eigenvalue weighted by Gasteiger charge is -2.06. The van der Waals surface area contributed by atoms with Crippen molar-refractivity contribution in [3.05, 3.63) is 24.3 Å². The van der Waals surface area contributed by atoms with Gasteiger partial charge in [-0.3, -0.25) is 10.0 Å². The monoisotopic (exact) mass is 341 g/mol. The average Bonchev–Trinajstić information content (AvgIpc) is 2.88. The zero-order valence-electron chi connectivity index (χ0n) is 12.0. The number of unbranched alkanes of at least 4 members (excludes halogenated alkanes) is 2. The summed E-state index contributed by atoms with van der Waals surface area (Å²) in [6.07, 6.45) is 3.13.